The Hall–Kier alpha value is -0.940. The first kappa shape index (κ1) is 15.4. The van der Waals surface area contributed by atoms with Crippen LogP contribution in [-0.2, 0) is 4.79 Å². The Balaban J connectivity index is 1.74. The minimum atomic E-state index is 0.115. The zero-order chi connectivity index (χ0) is 14.4. The molecular weight excluding hydrogens is 270 g/mol. The van der Waals surface area contributed by atoms with Gasteiger partial charge in [-0.05, 0) is 19.8 Å². The van der Waals surface area contributed by atoms with E-state index in [2.05, 4.69) is 23.4 Å². The summed E-state index contributed by atoms with van der Waals surface area (Å²) in [5, 5.41) is 6.53. The maximum Gasteiger partial charge on any atom is 0.235 e. The average Bonchev–Trinajstić information content (AvgIpc) is 2.84. The van der Waals surface area contributed by atoms with Crippen LogP contribution in [0.1, 0.15) is 45.4 Å². The lowest BCUT2D eigenvalue weighted by atomic mass is 9.96. The summed E-state index contributed by atoms with van der Waals surface area (Å²) in [4.78, 5) is 12.4. The summed E-state index contributed by atoms with van der Waals surface area (Å²) in [7, 11) is 0. The molecule has 1 heterocycles. The van der Waals surface area contributed by atoms with E-state index < -0.39 is 0 Å². The van der Waals surface area contributed by atoms with Gasteiger partial charge in [0.2, 0.25) is 5.91 Å². The summed E-state index contributed by atoms with van der Waals surface area (Å²) >= 11 is 1.69. The molecule has 4 nitrogen and oxygen atoms in total. The van der Waals surface area contributed by atoms with Crippen molar-refractivity contribution in [2.24, 2.45) is 0 Å². The highest BCUT2D eigenvalue weighted by molar-refractivity contribution is 8.06. The van der Waals surface area contributed by atoms with Crippen molar-refractivity contribution in [3.8, 4) is 0 Å². The zero-order valence-corrected chi connectivity index (χ0v) is 13.1. The summed E-state index contributed by atoms with van der Waals surface area (Å²) in [6, 6.07) is 0.591. The van der Waals surface area contributed by atoms with Gasteiger partial charge in [0.15, 0.2) is 0 Å². The van der Waals surface area contributed by atoms with Crippen LogP contribution in [0.2, 0.25) is 0 Å². The molecule has 0 aromatic carbocycles. The number of nitrogens with zero attached hydrogens (tertiary/aromatic N) is 1. The van der Waals surface area contributed by atoms with E-state index in [9.17, 15) is 4.79 Å². The van der Waals surface area contributed by atoms with Gasteiger partial charge >= 0.3 is 0 Å². The molecule has 1 saturated carbocycles. The molecule has 0 aromatic rings. The molecule has 0 aromatic heterocycles. The average molecular weight is 295 g/mol. The van der Waals surface area contributed by atoms with Gasteiger partial charge in [-0.3, -0.25) is 10.2 Å². The van der Waals surface area contributed by atoms with Crippen molar-refractivity contribution < 1.29 is 4.79 Å². The van der Waals surface area contributed by atoms with Crippen LogP contribution in [0.5, 0.6) is 0 Å². The largest absolute Gasteiger partial charge is 0.377 e. The second-order valence-corrected chi connectivity index (χ2v) is 6.69. The number of carbonyl (C=O) groups excluding carboxylic acids is 1. The Morgan fingerprint density at radius 1 is 1.50 bits per heavy atom. The molecule has 0 unspecified atom stereocenters. The second-order valence-electron chi connectivity index (χ2n) is 5.47. The number of amides is 1. The van der Waals surface area contributed by atoms with Crippen molar-refractivity contribution in [2.45, 2.75) is 51.5 Å². The molecule has 5 heteroatoms. The zero-order valence-electron chi connectivity index (χ0n) is 12.3. The van der Waals surface area contributed by atoms with Crippen molar-refractivity contribution >= 4 is 17.7 Å². The fourth-order valence-corrected chi connectivity index (χ4v) is 3.56. The summed E-state index contributed by atoms with van der Waals surface area (Å²) in [6.07, 6.45) is 9.23. The van der Waals surface area contributed by atoms with E-state index in [0.29, 0.717) is 12.5 Å². The van der Waals surface area contributed by atoms with Gasteiger partial charge in [0.05, 0.1) is 5.03 Å². The first-order valence-electron chi connectivity index (χ1n) is 7.50. The first-order chi connectivity index (χ1) is 9.67. The second kappa shape index (κ2) is 7.74. The molecule has 112 valence electrons. The highest BCUT2D eigenvalue weighted by Crippen LogP contribution is 2.26. The topological polar surface area (TPSA) is 44.4 Å². The quantitative estimate of drug-likeness (QED) is 0.791. The van der Waals surface area contributed by atoms with Gasteiger partial charge in [-0.15, -0.1) is 0 Å². The fourth-order valence-electron chi connectivity index (χ4n) is 2.68. The molecule has 1 amide bonds. The van der Waals surface area contributed by atoms with Crippen LogP contribution in [0.4, 0.5) is 0 Å². The van der Waals surface area contributed by atoms with E-state index >= 15 is 0 Å². The van der Waals surface area contributed by atoms with E-state index in [1.165, 1.54) is 37.0 Å². The molecule has 1 aliphatic carbocycles. The van der Waals surface area contributed by atoms with Gasteiger partial charge in [0, 0.05) is 30.5 Å². The summed E-state index contributed by atoms with van der Waals surface area (Å²) in [5.41, 5.74) is 2.86. The van der Waals surface area contributed by atoms with Crippen molar-refractivity contribution in [3.05, 3.63) is 22.6 Å². The standard InChI is InChI=1S/C15H25N3OS/c1-3-14(11-18-10-9-15(19)17-18)20-12(2)16-13-7-5-4-6-8-13/h3,13,16H,2,4-11H2,1H3,(H,17,19)/b14-3-. The molecule has 1 aliphatic heterocycles. The van der Waals surface area contributed by atoms with E-state index in [-0.39, 0.29) is 5.91 Å². The molecule has 0 radical (unpaired) electrons. The smallest absolute Gasteiger partial charge is 0.235 e. The number of hydrogen-bond donors (Lipinski definition) is 2. The predicted molar refractivity (Wildman–Crippen MR) is 84.8 cm³/mol. The molecule has 20 heavy (non-hydrogen) atoms. The van der Waals surface area contributed by atoms with Gasteiger partial charge in [0.1, 0.15) is 0 Å². The van der Waals surface area contributed by atoms with Crippen molar-refractivity contribution in [1.82, 2.24) is 15.8 Å². The van der Waals surface area contributed by atoms with E-state index in [1.807, 2.05) is 11.9 Å². The summed E-state index contributed by atoms with van der Waals surface area (Å²) in [5.74, 6) is 0.115. The molecule has 2 N–H and O–H groups in total. The molecular formula is C15H25N3OS. The molecule has 0 atom stereocenters. The van der Waals surface area contributed by atoms with Crippen molar-refractivity contribution in [1.29, 1.82) is 0 Å². The number of carbonyl (C=O) groups is 1. The summed E-state index contributed by atoms with van der Waals surface area (Å²) in [6.45, 7) is 7.72. The van der Waals surface area contributed by atoms with Crippen LogP contribution in [-0.4, -0.2) is 30.0 Å². The Morgan fingerprint density at radius 3 is 2.85 bits per heavy atom. The number of nitrogens with one attached hydrogen (secondary N) is 2. The van der Waals surface area contributed by atoms with E-state index in [4.69, 9.17) is 0 Å². The number of rotatable bonds is 6. The Kier molecular flexibility index (Phi) is 5.98. The van der Waals surface area contributed by atoms with Gasteiger partial charge < -0.3 is 5.32 Å². The molecule has 0 spiro atoms. The van der Waals surface area contributed by atoms with Crippen LogP contribution in [0, 0.1) is 0 Å². The predicted octanol–water partition coefficient (Wildman–Crippen LogP) is 2.75. The van der Waals surface area contributed by atoms with Crippen LogP contribution in [0.3, 0.4) is 0 Å². The summed E-state index contributed by atoms with van der Waals surface area (Å²) < 4.78 is 0. The van der Waals surface area contributed by atoms with E-state index in [1.54, 1.807) is 11.8 Å². The number of allylic oxidation sites excluding steroid dienone is 1. The van der Waals surface area contributed by atoms with E-state index in [0.717, 1.165) is 18.1 Å². The minimum Gasteiger partial charge on any atom is -0.377 e. The monoisotopic (exact) mass is 295 g/mol. The lowest BCUT2D eigenvalue weighted by Crippen LogP contribution is -2.34. The van der Waals surface area contributed by atoms with Gasteiger partial charge in [-0.25, -0.2) is 5.01 Å². The van der Waals surface area contributed by atoms with Crippen LogP contribution in [0.15, 0.2) is 22.6 Å². The van der Waals surface area contributed by atoms with Gasteiger partial charge in [0.25, 0.3) is 0 Å². The number of thioether (sulfide) groups is 1. The molecule has 2 rings (SSSR count). The SMILES string of the molecule is C=C(NC1CCCCC1)S/C(=C\C)CN1CCC(=O)N1. The fraction of sp³-hybridized carbons (Fsp3) is 0.667. The van der Waals surface area contributed by atoms with Gasteiger partial charge in [-0.1, -0.05) is 43.7 Å². The Labute approximate surface area is 126 Å². The molecule has 1 saturated heterocycles. The van der Waals surface area contributed by atoms with Crippen molar-refractivity contribution in [2.75, 3.05) is 13.1 Å². The third-order valence-corrected chi connectivity index (χ3v) is 4.78. The van der Waals surface area contributed by atoms with Gasteiger partial charge in [-0.2, -0.15) is 0 Å². The molecule has 0 bridgehead atoms. The third kappa shape index (κ3) is 4.87. The van der Waals surface area contributed by atoms with Crippen molar-refractivity contribution in [3.63, 3.8) is 0 Å². The minimum absolute atomic E-state index is 0.115. The third-order valence-electron chi connectivity index (χ3n) is 3.78. The lowest BCUT2D eigenvalue weighted by molar-refractivity contribution is -0.120. The Morgan fingerprint density at radius 2 is 2.25 bits per heavy atom. The van der Waals surface area contributed by atoms with Crippen LogP contribution >= 0.6 is 11.8 Å². The highest BCUT2D eigenvalue weighted by Gasteiger charge is 2.20. The van der Waals surface area contributed by atoms with Crippen LogP contribution in [0.25, 0.3) is 0 Å². The first-order valence-corrected chi connectivity index (χ1v) is 8.32. The molecule has 2 fully saturated rings. The highest BCUT2D eigenvalue weighted by atomic mass is 32.2. The number of hydrogen-bond acceptors (Lipinski definition) is 4. The Bertz CT molecular complexity index is 389. The van der Waals surface area contributed by atoms with Crippen LogP contribution < -0.4 is 10.7 Å². The maximum atomic E-state index is 11.2. The molecule has 2 aliphatic rings. The number of hydrazine groups is 1. The maximum absolute atomic E-state index is 11.2. The normalized spacial score (nSPS) is 21.9. The lowest BCUT2D eigenvalue weighted by Gasteiger charge is -2.25.